The lowest BCUT2D eigenvalue weighted by Gasteiger charge is -2.27. The normalized spacial score (nSPS) is 16.8. The SMILES string of the molecule is COC(=O)CCC#Cc1c(SC)nc2c(F)c(Br)c(CCC#N)cc2c1NC1CCNC1C(=O)OC(C)(C)C. The van der Waals surface area contributed by atoms with Gasteiger partial charge >= 0.3 is 11.9 Å². The smallest absolute Gasteiger partial charge is 0.325 e. The third-order valence-corrected chi connectivity index (χ3v) is 7.55. The lowest BCUT2D eigenvalue weighted by Crippen LogP contribution is -2.45. The number of pyridine rings is 1. The molecule has 0 amide bonds. The molecule has 0 saturated carbocycles. The van der Waals surface area contributed by atoms with Crippen molar-refractivity contribution in [3.63, 3.8) is 0 Å². The second-order valence-corrected chi connectivity index (χ2v) is 11.6. The molecule has 1 aliphatic heterocycles. The summed E-state index contributed by atoms with van der Waals surface area (Å²) >= 11 is 4.66. The first kappa shape index (κ1) is 30.7. The van der Waals surface area contributed by atoms with E-state index in [2.05, 4.69) is 49.5 Å². The first-order valence-electron chi connectivity index (χ1n) is 12.5. The number of fused-ring (bicyclic) bond motifs is 1. The molecule has 1 saturated heterocycles. The van der Waals surface area contributed by atoms with Crippen molar-refractivity contribution in [2.75, 3.05) is 25.2 Å². The number of nitrogens with zero attached hydrogens (tertiary/aromatic N) is 2. The van der Waals surface area contributed by atoms with Gasteiger partial charge in [0, 0.05) is 18.2 Å². The standard InChI is InChI=1S/C28H32BrFN4O4S/c1-28(2,3)38-27(36)25-19(12-14-32-25)33-23-17(10-6-7-11-20(35)37-4)26(39-5)34-24-18(23)15-16(9-8-13-31)21(29)22(24)30/h15,19,25,32H,7-9,11-12,14H2,1-5H3,(H,33,34). The molecule has 2 aromatic rings. The molecule has 39 heavy (non-hydrogen) atoms. The van der Waals surface area contributed by atoms with E-state index in [1.807, 2.05) is 33.1 Å². The summed E-state index contributed by atoms with van der Waals surface area (Å²) < 4.78 is 26.3. The molecule has 3 rings (SSSR count). The molecular weight excluding hydrogens is 587 g/mol. The Morgan fingerprint density at radius 2 is 2.10 bits per heavy atom. The lowest BCUT2D eigenvalue weighted by atomic mass is 10.0. The summed E-state index contributed by atoms with van der Waals surface area (Å²) in [4.78, 5) is 29.2. The van der Waals surface area contributed by atoms with Gasteiger partial charge in [-0.25, -0.2) is 9.37 Å². The number of hydrogen-bond acceptors (Lipinski definition) is 9. The highest BCUT2D eigenvalue weighted by Crippen LogP contribution is 2.38. The zero-order valence-corrected chi connectivity index (χ0v) is 25.1. The highest BCUT2D eigenvalue weighted by molar-refractivity contribution is 9.10. The Kier molecular flexibility index (Phi) is 10.6. The van der Waals surface area contributed by atoms with Crippen molar-refractivity contribution in [3.05, 3.63) is 27.5 Å². The van der Waals surface area contributed by atoms with Crippen molar-refractivity contribution in [1.29, 1.82) is 5.26 Å². The van der Waals surface area contributed by atoms with Crippen molar-refractivity contribution >= 4 is 56.2 Å². The van der Waals surface area contributed by atoms with Crippen LogP contribution in [0.4, 0.5) is 10.1 Å². The van der Waals surface area contributed by atoms with Gasteiger partial charge in [0.1, 0.15) is 22.2 Å². The maximum atomic E-state index is 15.6. The predicted octanol–water partition coefficient (Wildman–Crippen LogP) is 5.10. The number of carbonyl (C=O) groups excluding carboxylic acids is 2. The third-order valence-electron chi connectivity index (χ3n) is 6.01. The summed E-state index contributed by atoms with van der Waals surface area (Å²) in [6, 6.07) is 2.93. The number of esters is 2. The number of hydrogen-bond donors (Lipinski definition) is 2. The number of carbonyl (C=O) groups is 2. The lowest BCUT2D eigenvalue weighted by molar-refractivity contribution is -0.157. The Hall–Kier alpha value is -2.86. The Balaban J connectivity index is 2.18. The summed E-state index contributed by atoms with van der Waals surface area (Å²) in [7, 11) is 1.32. The van der Waals surface area contributed by atoms with Gasteiger partial charge < -0.3 is 20.1 Å². The van der Waals surface area contributed by atoms with Crippen LogP contribution in [0.15, 0.2) is 15.6 Å². The monoisotopic (exact) mass is 618 g/mol. The number of nitriles is 1. The van der Waals surface area contributed by atoms with Gasteiger partial charge in [-0.05, 0) is 74.0 Å². The molecule has 0 radical (unpaired) electrons. The number of rotatable bonds is 8. The van der Waals surface area contributed by atoms with E-state index in [1.54, 1.807) is 0 Å². The Morgan fingerprint density at radius 1 is 1.36 bits per heavy atom. The molecule has 2 N–H and O–H groups in total. The molecule has 1 fully saturated rings. The maximum absolute atomic E-state index is 15.6. The predicted molar refractivity (Wildman–Crippen MR) is 153 cm³/mol. The summed E-state index contributed by atoms with van der Waals surface area (Å²) in [6.07, 6.45) is 3.42. The van der Waals surface area contributed by atoms with Crippen LogP contribution in [0.2, 0.25) is 0 Å². The first-order chi connectivity index (χ1) is 18.5. The van der Waals surface area contributed by atoms with E-state index in [0.29, 0.717) is 46.6 Å². The molecule has 2 heterocycles. The highest BCUT2D eigenvalue weighted by Gasteiger charge is 2.37. The molecule has 208 valence electrons. The highest BCUT2D eigenvalue weighted by atomic mass is 79.9. The van der Waals surface area contributed by atoms with Crippen molar-refractivity contribution in [2.24, 2.45) is 0 Å². The summed E-state index contributed by atoms with van der Waals surface area (Å²) in [5.41, 5.74) is 1.21. The van der Waals surface area contributed by atoms with Crippen molar-refractivity contribution in [2.45, 2.75) is 75.6 Å². The second kappa shape index (κ2) is 13.5. The molecule has 2 unspecified atom stereocenters. The van der Waals surface area contributed by atoms with Crippen LogP contribution in [0.5, 0.6) is 0 Å². The Labute approximate surface area is 240 Å². The molecule has 2 atom stereocenters. The fraction of sp³-hybridized carbons (Fsp3) is 0.500. The van der Waals surface area contributed by atoms with Crippen LogP contribution in [0, 0.1) is 29.0 Å². The molecule has 8 nitrogen and oxygen atoms in total. The van der Waals surface area contributed by atoms with Crippen LogP contribution in [-0.2, 0) is 25.5 Å². The van der Waals surface area contributed by atoms with Crippen molar-refractivity contribution < 1.29 is 23.5 Å². The number of nitrogens with one attached hydrogen (secondary N) is 2. The molecule has 0 spiro atoms. The van der Waals surface area contributed by atoms with E-state index >= 15 is 4.39 Å². The van der Waals surface area contributed by atoms with E-state index in [-0.39, 0.29) is 47.2 Å². The minimum atomic E-state index is -0.650. The van der Waals surface area contributed by atoms with Gasteiger partial charge in [0.05, 0.1) is 41.4 Å². The molecule has 1 aromatic carbocycles. The van der Waals surface area contributed by atoms with Gasteiger partial charge in [-0.2, -0.15) is 5.26 Å². The summed E-state index contributed by atoms with van der Waals surface area (Å²) in [5, 5.41) is 16.8. The van der Waals surface area contributed by atoms with Crippen molar-refractivity contribution in [3.8, 4) is 17.9 Å². The number of aromatic nitrogens is 1. The minimum Gasteiger partial charge on any atom is -0.469 e. The molecule has 11 heteroatoms. The van der Waals surface area contributed by atoms with Gasteiger partial charge in [0.15, 0.2) is 5.82 Å². The Bertz CT molecular complexity index is 1360. The van der Waals surface area contributed by atoms with E-state index in [4.69, 9.17) is 14.7 Å². The average Bonchev–Trinajstić information content (AvgIpc) is 3.35. The van der Waals surface area contributed by atoms with Crippen LogP contribution in [-0.4, -0.2) is 54.5 Å². The van der Waals surface area contributed by atoms with E-state index in [9.17, 15) is 9.59 Å². The maximum Gasteiger partial charge on any atom is 0.325 e. The van der Waals surface area contributed by atoms with Gasteiger partial charge in [-0.1, -0.05) is 11.8 Å². The quantitative estimate of drug-likeness (QED) is 0.237. The Morgan fingerprint density at radius 3 is 2.74 bits per heavy atom. The van der Waals surface area contributed by atoms with Crippen LogP contribution < -0.4 is 10.6 Å². The number of methoxy groups -OCH3 is 1. The van der Waals surface area contributed by atoms with Gasteiger partial charge in [0.2, 0.25) is 0 Å². The van der Waals surface area contributed by atoms with E-state index in [0.717, 1.165) is 0 Å². The number of halogens is 2. The van der Waals surface area contributed by atoms with Crippen LogP contribution in [0.25, 0.3) is 10.9 Å². The van der Waals surface area contributed by atoms with Gasteiger partial charge in [-0.3, -0.25) is 9.59 Å². The first-order valence-corrected chi connectivity index (χ1v) is 14.6. The summed E-state index contributed by atoms with van der Waals surface area (Å²) in [6.45, 7) is 6.03. The average molecular weight is 620 g/mol. The largest absolute Gasteiger partial charge is 0.469 e. The molecular formula is C28H32BrFN4O4S. The third kappa shape index (κ3) is 7.63. The van der Waals surface area contributed by atoms with Crippen LogP contribution in [0.3, 0.4) is 0 Å². The number of benzene rings is 1. The molecule has 0 aliphatic carbocycles. The van der Waals surface area contributed by atoms with E-state index in [1.165, 1.54) is 18.9 Å². The topological polar surface area (TPSA) is 113 Å². The fourth-order valence-electron chi connectivity index (χ4n) is 4.23. The minimum absolute atomic E-state index is 0.134. The number of aryl methyl sites for hydroxylation is 1. The number of ether oxygens (including phenoxy) is 2. The van der Waals surface area contributed by atoms with Crippen LogP contribution >= 0.6 is 27.7 Å². The van der Waals surface area contributed by atoms with E-state index < -0.39 is 17.5 Å². The summed E-state index contributed by atoms with van der Waals surface area (Å²) in [5.74, 6) is 4.87. The fourth-order valence-corrected chi connectivity index (χ4v) is 5.27. The zero-order chi connectivity index (χ0) is 28.7. The second-order valence-electron chi connectivity index (χ2n) is 9.97. The van der Waals surface area contributed by atoms with Crippen LogP contribution in [0.1, 0.15) is 57.6 Å². The zero-order valence-electron chi connectivity index (χ0n) is 22.7. The van der Waals surface area contributed by atoms with Gasteiger partial charge in [0.25, 0.3) is 0 Å². The number of anilines is 1. The number of thioether (sulfide) groups is 1. The molecule has 1 aromatic heterocycles. The van der Waals surface area contributed by atoms with Crippen molar-refractivity contribution in [1.82, 2.24) is 10.3 Å². The van der Waals surface area contributed by atoms with Gasteiger partial charge in [-0.15, -0.1) is 11.8 Å². The molecule has 1 aliphatic rings. The molecule has 0 bridgehead atoms.